The van der Waals surface area contributed by atoms with Crippen LogP contribution in [0.5, 0.6) is 0 Å². The van der Waals surface area contributed by atoms with Gasteiger partial charge >= 0.3 is 0 Å². The second-order valence-corrected chi connectivity index (χ2v) is 15.0. The number of furan rings is 2. The molecule has 12 rings (SSSR count). The minimum Gasteiger partial charge on any atom is -0.456 e. The van der Waals surface area contributed by atoms with Crippen molar-refractivity contribution in [1.82, 2.24) is 0 Å². The van der Waals surface area contributed by atoms with Crippen molar-refractivity contribution in [1.29, 1.82) is 0 Å². The third kappa shape index (κ3) is 4.20. The molecule has 2 nitrogen and oxygen atoms in total. The summed E-state index contributed by atoms with van der Waals surface area (Å²) < 4.78 is 87.4. The highest BCUT2D eigenvalue weighted by atomic mass is 16.3. The Kier molecular flexibility index (Phi) is 4.77. The molecule has 0 spiro atoms. The Morgan fingerprint density at radius 1 is 0.418 bits per heavy atom. The van der Waals surface area contributed by atoms with Crippen molar-refractivity contribution in [3.63, 3.8) is 0 Å². The van der Waals surface area contributed by atoms with Crippen LogP contribution in [0, 0.1) is 0 Å². The van der Waals surface area contributed by atoms with Gasteiger partial charge in [0.25, 0.3) is 0 Å². The van der Waals surface area contributed by atoms with Crippen molar-refractivity contribution in [2.24, 2.45) is 0 Å². The molecule has 55 heavy (non-hydrogen) atoms. The molecule has 0 saturated heterocycles. The molecule has 0 bridgehead atoms. The summed E-state index contributed by atoms with van der Waals surface area (Å²) >= 11 is 0. The van der Waals surface area contributed by atoms with E-state index in [1.165, 1.54) is 22.3 Å². The maximum Gasteiger partial charge on any atom is 0.143 e. The van der Waals surface area contributed by atoms with Crippen LogP contribution in [0.3, 0.4) is 0 Å². The predicted octanol–water partition coefficient (Wildman–Crippen LogP) is 15.1. The van der Waals surface area contributed by atoms with Gasteiger partial charge in [-0.15, -0.1) is 0 Å². The standard InChI is InChI=1S/C53H34O2/c1-53(2)44-20-10-7-13-34(44)35-25-23-31(29-45(35)53)33-27-28-43(51-42-19-9-12-22-47(42)55-52(33)51)50-40-17-5-3-15-38(40)49(39-16-4-6-18-41(39)50)32-24-26-37-36-14-8-11-21-46(36)54-48(37)30-32/h3-30H,1-2H3/i3D,4D,5D,6D,15D,16D,17D,18D. The Balaban J connectivity index is 1.23. The lowest BCUT2D eigenvalue weighted by Crippen LogP contribution is -2.14. The van der Waals surface area contributed by atoms with Gasteiger partial charge in [-0.2, -0.15) is 0 Å². The van der Waals surface area contributed by atoms with E-state index in [0.717, 1.165) is 27.3 Å². The zero-order valence-electron chi connectivity index (χ0n) is 37.9. The minimum atomic E-state index is -0.459. The number of para-hydroxylation sites is 2. The van der Waals surface area contributed by atoms with Crippen molar-refractivity contribution in [3.8, 4) is 44.5 Å². The van der Waals surface area contributed by atoms with Crippen molar-refractivity contribution in [2.75, 3.05) is 0 Å². The molecule has 258 valence electrons. The lowest BCUT2D eigenvalue weighted by molar-refractivity contribution is 0.660. The summed E-state index contributed by atoms with van der Waals surface area (Å²) in [6.07, 6.45) is 0. The molecule has 1 aliphatic carbocycles. The highest BCUT2D eigenvalue weighted by molar-refractivity contribution is 6.27. The first-order valence-corrected chi connectivity index (χ1v) is 18.4. The highest BCUT2D eigenvalue weighted by Gasteiger charge is 2.35. The third-order valence-corrected chi connectivity index (χ3v) is 11.7. The van der Waals surface area contributed by atoms with Gasteiger partial charge in [-0.1, -0.05) is 147 Å². The van der Waals surface area contributed by atoms with E-state index in [1.807, 2.05) is 72.8 Å². The van der Waals surface area contributed by atoms with Crippen molar-refractivity contribution in [2.45, 2.75) is 19.3 Å². The summed E-state index contributed by atoms with van der Waals surface area (Å²) in [6.45, 7) is 4.47. The summed E-state index contributed by atoms with van der Waals surface area (Å²) in [5, 5.41) is 3.69. The molecular formula is C53H34O2. The van der Waals surface area contributed by atoms with Gasteiger partial charge in [-0.25, -0.2) is 0 Å². The molecule has 9 aromatic carbocycles. The smallest absolute Gasteiger partial charge is 0.143 e. The molecule has 0 fully saturated rings. The van der Waals surface area contributed by atoms with E-state index in [4.69, 9.17) is 14.3 Å². The van der Waals surface area contributed by atoms with Crippen LogP contribution in [0.25, 0.3) is 110 Å². The molecule has 0 amide bonds. The van der Waals surface area contributed by atoms with Crippen LogP contribution in [-0.4, -0.2) is 0 Å². The van der Waals surface area contributed by atoms with E-state index < -0.39 is 24.2 Å². The molecule has 0 atom stereocenters. The van der Waals surface area contributed by atoms with Gasteiger partial charge in [-0.05, 0) is 108 Å². The molecule has 1 aliphatic rings. The predicted molar refractivity (Wildman–Crippen MR) is 230 cm³/mol. The number of benzene rings is 9. The summed E-state index contributed by atoms with van der Waals surface area (Å²) in [5.41, 5.74) is 10.2. The second-order valence-electron chi connectivity index (χ2n) is 15.0. The monoisotopic (exact) mass is 710 g/mol. The molecule has 0 N–H and O–H groups in total. The zero-order chi connectivity index (χ0) is 43.4. The number of hydrogen-bond donors (Lipinski definition) is 0. The lowest BCUT2D eigenvalue weighted by atomic mass is 9.81. The van der Waals surface area contributed by atoms with Crippen LogP contribution in [0.4, 0.5) is 0 Å². The maximum absolute atomic E-state index is 9.62. The topological polar surface area (TPSA) is 26.3 Å². The number of fused-ring (bicyclic) bond motifs is 11. The first kappa shape index (κ1) is 23.7. The molecule has 0 radical (unpaired) electrons. The van der Waals surface area contributed by atoms with E-state index in [2.05, 4.69) is 56.3 Å². The molecule has 11 aromatic rings. The van der Waals surface area contributed by atoms with Crippen molar-refractivity contribution >= 4 is 65.4 Å². The van der Waals surface area contributed by atoms with E-state index in [1.54, 1.807) is 6.07 Å². The first-order chi connectivity index (χ1) is 30.4. The maximum atomic E-state index is 9.62. The third-order valence-electron chi connectivity index (χ3n) is 11.7. The van der Waals surface area contributed by atoms with Gasteiger partial charge in [0.05, 0.1) is 11.0 Å². The van der Waals surface area contributed by atoms with E-state index >= 15 is 0 Å². The van der Waals surface area contributed by atoms with Crippen LogP contribution in [0.15, 0.2) is 179 Å². The summed E-state index contributed by atoms with van der Waals surface area (Å²) in [7, 11) is 0. The molecule has 2 heterocycles. The van der Waals surface area contributed by atoms with Gasteiger partial charge in [0.15, 0.2) is 0 Å². The Bertz CT molecular complexity index is 3800. The van der Waals surface area contributed by atoms with Gasteiger partial charge in [0.2, 0.25) is 0 Å². The quantitative estimate of drug-likeness (QED) is 0.171. The fourth-order valence-electron chi connectivity index (χ4n) is 9.20. The first-order valence-electron chi connectivity index (χ1n) is 22.4. The van der Waals surface area contributed by atoms with Gasteiger partial charge < -0.3 is 8.83 Å². The van der Waals surface area contributed by atoms with Crippen LogP contribution >= 0.6 is 0 Å². The Labute approximate surface area is 329 Å². The Morgan fingerprint density at radius 2 is 0.982 bits per heavy atom. The molecule has 0 aliphatic heterocycles. The van der Waals surface area contributed by atoms with Crippen LogP contribution in [0.1, 0.15) is 35.9 Å². The summed E-state index contributed by atoms with van der Waals surface area (Å²) in [6, 6.07) is 36.5. The van der Waals surface area contributed by atoms with Crippen LogP contribution in [0.2, 0.25) is 0 Å². The van der Waals surface area contributed by atoms with E-state index in [-0.39, 0.29) is 62.3 Å². The van der Waals surface area contributed by atoms with Gasteiger partial charge in [-0.3, -0.25) is 0 Å². The minimum absolute atomic E-state index is 0.134. The van der Waals surface area contributed by atoms with Gasteiger partial charge in [0, 0.05) is 32.5 Å². The largest absolute Gasteiger partial charge is 0.456 e. The zero-order valence-corrected chi connectivity index (χ0v) is 29.9. The van der Waals surface area contributed by atoms with Gasteiger partial charge in [0.1, 0.15) is 22.3 Å². The normalized spacial score (nSPS) is 15.5. The van der Waals surface area contributed by atoms with Crippen LogP contribution in [-0.2, 0) is 5.41 Å². The van der Waals surface area contributed by atoms with Crippen molar-refractivity contribution in [3.05, 3.63) is 181 Å². The van der Waals surface area contributed by atoms with Crippen LogP contribution < -0.4 is 0 Å². The van der Waals surface area contributed by atoms with Crippen molar-refractivity contribution < 1.29 is 19.8 Å². The average Bonchev–Trinajstić information content (AvgIpc) is 3.95. The fourth-order valence-corrected chi connectivity index (χ4v) is 9.20. The Hall–Kier alpha value is -6.90. The average molecular weight is 711 g/mol. The summed E-state index contributed by atoms with van der Waals surface area (Å²) in [4.78, 5) is 0. The number of hydrogen-bond acceptors (Lipinski definition) is 2. The molecule has 2 heteroatoms. The molecule has 0 unspecified atom stereocenters. The molecular weight excluding hydrogens is 669 g/mol. The lowest BCUT2D eigenvalue weighted by Gasteiger charge is -2.22. The molecule has 0 saturated carbocycles. The highest BCUT2D eigenvalue weighted by Crippen LogP contribution is 2.52. The number of rotatable bonds is 3. The summed E-state index contributed by atoms with van der Waals surface area (Å²) in [5.74, 6) is 0. The second kappa shape index (κ2) is 11.1. The Morgan fingerprint density at radius 3 is 1.75 bits per heavy atom. The SMILES string of the molecule is [2H]c1c([2H])c([2H])c2c(-c3ccc(-c4ccc5c(c4)C(C)(C)c4ccccc4-5)c4oc5ccccc5c34)c3c([2H])c([2H])c([2H])c([2H])c3c(-c3ccc4c(c3)oc3ccccc34)c2c1[2H]. The van der Waals surface area contributed by atoms with E-state index in [0.29, 0.717) is 38.8 Å². The van der Waals surface area contributed by atoms with E-state index in [9.17, 15) is 5.48 Å². The fraction of sp³-hybridized carbons (Fsp3) is 0.0566. The molecule has 2 aromatic heterocycles.